The molecular weight excluding hydrogens is 392 g/mol. The van der Waals surface area contributed by atoms with E-state index in [0.29, 0.717) is 47.6 Å². The third-order valence-electron chi connectivity index (χ3n) is 4.60. The quantitative estimate of drug-likeness (QED) is 0.516. The number of nitrogens with one attached hydrogen (secondary N) is 4. The zero-order chi connectivity index (χ0) is 20.6. The molecule has 1 aliphatic heterocycles. The summed E-state index contributed by atoms with van der Waals surface area (Å²) in [6.45, 7) is 4.17. The molecule has 1 atom stereocenters. The summed E-state index contributed by atoms with van der Waals surface area (Å²) in [4.78, 5) is 32.2. The Morgan fingerprint density at radius 3 is 2.90 bits per heavy atom. The van der Waals surface area contributed by atoms with Gasteiger partial charge in [-0.1, -0.05) is 17.7 Å². The predicted molar refractivity (Wildman–Crippen MR) is 114 cm³/mol. The van der Waals surface area contributed by atoms with E-state index in [-0.39, 0.29) is 17.7 Å². The van der Waals surface area contributed by atoms with Crippen molar-refractivity contribution in [3.8, 4) is 11.3 Å². The maximum absolute atomic E-state index is 12.5. The lowest BCUT2D eigenvalue weighted by molar-refractivity contribution is -0.120. The van der Waals surface area contributed by atoms with Crippen molar-refractivity contribution in [3.63, 3.8) is 0 Å². The Hall–Kier alpha value is -2.71. The van der Waals surface area contributed by atoms with Gasteiger partial charge in [-0.2, -0.15) is 0 Å². The molecule has 2 aromatic rings. The molecule has 0 unspecified atom stereocenters. The molecule has 3 heterocycles. The van der Waals surface area contributed by atoms with E-state index in [1.54, 1.807) is 6.07 Å². The van der Waals surface area contributed by atoms with Crippen LogP contribution in [0, 0.1) is 5.92 Å². The first-order chi connectivity index (χ1) is 14.0. The molecule has 154 valence electrons. The lowest BCUT2D eigenvalue weighted by Crippen LogP contribution is -2.37. The summed E-state index contributed by atoms with van der Waals surface area (Å²) in [6, 6.07) is 7.29. The van der Waals surface area contributed by atoms with Crippen molar-refractivity contribution >= 4 is 35.1 Å². The normalized spacial score (nSPS) is 16.1. The fourth-order valence-corrected chi connectivity index (χ4v) is 3.32. The largest absolute Gasteiger partial charge is 0.368 e. The van der Waals surface area contributed by atoms with Gasteiger partial charge in [0, 0.05) is 38.3 Å². The smallest absolute Gasteiger partial charge is 0.229 e. The number of anilines is 2. The molecule has 1 aliphatic rings. The molecule has 29 heavy (non-hydrogen) atoms. The molecule has 8 nitrogen and oxygen atoms in total. The third-order valence-corrected chi connectivity index (χ3v) is 4.91. The topological polar surface area (TPSA) is 108 Å². The fourth-order valence-electron chi connectivity index (χ4n) is 3.12. The molecule has 1 fully saturated rings. The van der Waals surface area contributed by atoms with Gasteiger partial charge < -0.3 is 21.3 Å². The molecule has 9 heteroatoms. The molecule has 0 saturated carbocycles. The summed E-state index contributed by atoms with van der Waals surface area (Å²) < 4.78 is 0. The van der Waals surface area contributed by atoms with Gasteiger partial charge in [0.15, 0.2) is 0 Å². The standard InChI is InChI=1S/C20H25ClN6O2/c1-13(28)23-8-9-24-18-6-2-5-17(26-18)15-10-19(25-12-16(15)21)27-20(29)14-4-3-7-22-11-14/h2,5-6,10,12,14,22H,3-4,7-9,11H2,1H3,(H,23,28)(H,24,26)(H,25,27,29)/t14-/m1/s1. The predicted octanol–water partition coefficient (Wildman–Crippen LogP) is 2.28. The van der Waals surface area contributed by atoms with Gasteiger partial charge in [-0.15, -0.1) is 0 Å². The lowest BCUT2D eigenvalue weighted by atomic mass is 9.99. The highest BCUT2D eigenvalue weighted by Crippen LogP contribution is 2.29. The Bertz CT molecular complexity index is 870. The number of rotatable bonds is 7. The number of aromatic nitrogens is 2. The second-order valence-corrected chi connectivity index (χ2v) is 7.31. The summed E-state index contributed by atoms with van der Waals surface area (Å²) >= 11 is 6.34. The van der Waals surface area contributed by atoms with E-state index < -0.39 is 0 Å². The van der Waals surface area contributed by atoms with Gasteiger partial charge in [0.1, 0.15) is 11.6 Å². The van der Waals surface area contributed by atoms with Crippen LogP contribution in [-0.2, 0) is 9.59 Å². The summed E-state index contributed by atoms with van der Waals surface area (Å²) in [5.41, 5.74) is 1.35. The Labute approximate surface area is 174 Å². The van der Waals surface area contributed by atoms with Crippen molar-refractivity contribution in [1.82, 2.24) is 20.6 Å². The second-order valence-electron chi connectivity index (χ2n) is 6.90. The Morgan fingerprint density at radius 1 is 1.28 bits per heavy atom. The average molecular weight is 417 g/mol. The fraction of sp³-hybridized carbons (Fsp3) is 0.400. The highest BCUT2D eigenvalue weighted by atomic mass is 35.5. The highest BCUT2D eigenvalue weighted by molar-refractivity contribution is 6.33. The first-order valence-corrected chi connectivity index (χ1v) is 10.0. The summed E-state index contributed by atoms with van der Waals surface area (Å²) in [7, 11) is 0. The van der Waals surface area contributed by atoms with Gasteiger partial charge in [-0.25, -0.2) is 9.97 Å². The van der Waals surface area contributed by atoms with Crippen LogP contribution in [0.1, 0.15) is 19.8 Å². The van der Waals surface area contributed by atoms with Gasteiger partial charge >= 0.3 is 0 Å². The number of nitrogens with zero attached hydrogens (tertiary/aromatic N) is 2. The second kappa shape index (κ2) is 10.2. The highest BCUT2D eigenvalue weighted by Gasteiger charge is 2.21. The Kier molecular flexibility index (Phi) is 7.37. The number of halogens is 1. The maximum atomic E-state index is 12.5. The first-order valence-electron chi connectivity index (χ1n) is 9.66. The van der Waals surface area contributed by atoms with Crippen molar-refractivity contribution in [2.75, 3.05) is 36.8 Å². The SMILES string of the molecule is CC(=O)NCCNc1cccc(-c2cc(NC(=O)[C@@H]3CCCNC3)ncc2Cl)n1. The molecule has 0 aromatic carbocycles. The van der Waals surface area contributed by atoms with Crippen molar-refractivity contribution in [3.05, 3.63) is 35.5 Å². The van der Waals surface area contributed by atoms with Gasteiger partial charge in [0.05, 0.1) is 16.6 Å². The van der Waals surface area contributed by atoms with Crippen molar-refractivity contribution < 1.29 is 9.59 Å². The monoisotopic (exact) mass is 416 g/mol. The molecule has 2 aromatic heterocycles. The molecule has 3 rings (SSSR count). The minimum absolute atomic E-state index is 0.0423. The first kappa shape index (κ1) is 21.0. The van der Waals surface area contributed by atoms with Crippen LogP contribution >= 0.6 is 11.6 Å². The van der Waals surface area contributed by atoms with Crippen molar-refractivity contribution in [2.24, 2.45) is 5.92 Å². The van der Waals surface area contributed by atoms with Crippen LogP contribution in [0.3, 0.4) is 0 Å². The Morgan fingerprint density at radius 2 is 2.14 bits per heavy atom. The molecule has 2 amide bonds. The molecule has 4 N–H and O–H groups in total. The van der Waals surface area contributed by atoms with Crippen LogP contribution < -0.4 is 21.3 Å². The Balaban J connectivity index is 1.69. The minimum Gasteiger partial charge on any atom is -0.368 e. The minimum atomic E-state index is -0.0735. The maximum Gasteiger partial charge on any atom is 0.229 e. The van der Waals surface area contributed by atoms with E-state index in [1.165, 1.54) is 13.1 Å². The number of carbonyl (C=O) groups is 2. The van der Waals surface area contributed by atoms with Crippen LogP contribution in [0.4, 0.5) is 11.6 Å². The van der Waals surface area contributed by atoms with Crippen molar-refractivity contribution in [1.29, 1.82) is 0 Å². The van der Waals surface area contributed by atoms with E-state index >= 15 is 0 Å². The number of hydrogen-bond acceptors (Lipinski definition) is 6. The third kappa shape index (κ3) is 6.13. The zero-order valence-electron chi connectivity index (χ0n) is 16.3. The number of hydrogen-bond donors (Lipinski definition) is 4. The van der Waals surface area contributed by atoms with E-state index in [4.69, 9.17) is 11.6 Å². The summed E-state index contributed by atoms with van der Waals surface area (Å²) in [6.07, 6.45) is 3.38. The number of pyridine rings is 2. The summed E-state index contributed by atoms with van der Waals surface area (Å²) in [5.74, 6) is 0.944. The lowest BCUT2D eigenvalue weighted by Gasteiger charge is -2.21. The average Bonchev–Trinajstić information content (AvgIpc) is 2.73. The van der Waals surface area contributed by atoms with Gasteiger partial charge in [-0.3, -0.25) is 9.59 Å². The van der Waals surface area contributed by atoms with E-state index in [2.05, 4.69) is 31.2 Å². The number of carbonyl (C=O) groups excluding carboxylic acids is 2. The van der Waals surface area contributed by atoms with E-state index in [9.17, 15) is 9.59 Å². The number of amides is 2. The summed E-state index contributed by atoms with van der Waals surface area (Å²) in [5, 5.41) is 12.5. The van der Waals surface area contributed by atoms with Crippen LogP contribution in [0.25, 0.3) is 11.3 Å². The van der Waals surface area contributed by atoms with Crippen LogP contribution in [0.15, 0.2) is 30.5 Å². The van der Waals surface area contributed by atoms with E-state index in [0.717, 1.165) is 19.4 Å². The number of piperidine rings is 1. The van der Waals surface area contributed by atoms with Crippen molar-refractivity contribution in [2.45, 2.75) is 19.8 Å². The molecular formula is C20H25ClN6O2. The van der Waals surface area contributed by atoms with Crippen LogP contribution in [0.5, 0.6) is 0 Å². The zero-order valence-corrected chi connectivity index (χ0v) is 17.1. The van der Waals surface area contributed by atoms with Gasteiger partial charge in [-0.05, 0) is 37.6 Å². The van der Waals surface area contributed by atoms with E-state index in [1.807, 2.05) is 18.2 Å². The molecule has 0 aliphatic carbocycles. The van der Waals surface area contributed by atoms with Crippen LogP contribution in [-0.4, -0.2) is 48.0 Å². The molecule has 0 spiro atoms. The molecule has 1 saturated heterocycles. The molecule has 0 bridgehead atoms. The van der Waals surface area contributed by atoms with Crippen LogP contribution in [0.2, 0.25) is 5.02 Å². The molecule has 0 radical (unpaired) electrons. The van der Waals surface area contributed by atoms with Gasteiger partial charge in [0.2, 0.25) is 11.8 Å². The van der Waals surface area contributed by atoms with Gasteiger partial charge in [0.25, 0.3) is 0 Å².